The Kier molecular flexibility index (Phi) is 4.64. The van der Waals surface area contributed by atoms with E-state index < -0.39 is 40.9 Å². The average molecular weight is 310 g/mol. The number of ketones is 1. The summed E-state index contributed by atoms with van der Waals surface area (Å²) in [6.07, 6.45) is 0. The first-order chi connectivity index (χ1) is 10.3. The van der Waals surface area contributed by atoms with Crippen LogP contribution in [-0.4, -0.2) is 5.78 Å². The maximum absolute atomic E-state index is 13.8. The Bertz CT molecular complexity index is 652. The van der Waals surface area contributed by atoms with Gasteiger partial charge in [-0.2, -0.15) is 0 Å². The van der Waals surface area contributed by atoms with Crippen molar-refractivity contribution >= 4 is 5.78 Å². The number of hydrogen-bond donors (Lipinski definition) is 0. The molecule has 0 aliphatic rings. The van der Waals surface area contributed by atoms with E-state index in [0.29, 0.717) is 0 Å². The highest BCUT2D eigenvalue weighted by atomic mass is 19.2. The Labute approximate surface area is 125 Å². The predicted octanol–water partition coefficient (Wildman–Crippen LogP) is 4.72. The summed E-state index contributed by atoms with van der Waals surface area (Å²) in [5.41, 5.74) is -0.206. The topological polar surface area (TPSA) is 17.1 Å². The summed E-state index contributed by atoms with van der Waals surface area (Å²) in [4.78, 5) is 12.4. The van der Waals surface area contributed by atoms with Crippen LogP contribution in [0.25, 0.3) is 0 Å². The minimum atomic E-state index is -1.10. The number of rotatable bonds is 4. The van der Waals surface area contributed by atoms with Crippen molar-refractivity contribution in [2.75, 3.05) is 0 Å². The van der Waals surface area contributed by atoms with Gasteiger partial charge < -0.3 is 0 Å². The number of carbonyl (C=O) groups excluding carboxylic acids is 1. The summed E-state index contributed by atoms with van der Waals surface area (Å²) in [6.45, 7) is 2.82. The van der Waals surface area contributed by atoms with Crippen molar-refractivity contribution < 1.29 is 22.4 Å². The quantitative estimate of drug-likeness (QED) is 0.747. The van der Waals surface area contributed by atoms with Gasteiger partial charge in [0.05, 0.1) is 0 Å². The van der Waals surface area contributed by atoms with E-state index in [1.54, 1.807) is 0 Å². The molecule has 0 heterocycles. The monoisotopic (exact) mass is 310 g/mol. The third-order valence-electron chi connectivity index (χ3n) is 3.75. The highest BCUT2D eigenvalue weighted by Gasteiger charge is 2.28. The summed E-state index contributed by atoms with van der Waals surface area (Å²) in [5, 5.41) is 0. The van der Waals surface area contributed by atoms with E-state index in [-0.39, 0.29) is 11.1 Å². The minimum Gasteiger partial charge on any atom is -0.298 e. The van der Waals surface area contributed by atoms with Gasteiger partial charge in [-0.05, 0) is 12.1 Å². The normalized spacial score (nSPS) is 13.7. The van der Waals surface area contributed by atoms with Crippen LogP contribution < -0.4 is 0 Å². The third-order valence-corrected chi connectivity index (χ3v) is 3.75. The van der Waals surface area contributed by atoms with Crippen molar-refractivity contribution in [2.24, 2.45) is 0 Å². The number of halogens is 4. The molecule has 0 saturated heterocycles. The minimum absolute atomic E-state index is 0.103. The van der Waals surface area contributed by atoms with Gasteiger partial charge in [0.15, 0.2) is 23.3 Å². The molecular formula is C17H14F4O. The molecule has 5 heteroatoms. The van der Waals surface area contributed by atoms with Crippen LogP contribution in [0.15, 0.2) is 36.4 Å². The van der Waals surface area contributed by atoms with E-state index in [0.717, 1.165) is 12.1 Å². The molecule has 2 aromatic carbocycles. The van der Waals surface area contributed by atoms with Crippen LogP contribution in [0, 0.1) is 23.3 Å². The van der Waals surface area contributed by atoms with Crippen LogP contribution in [0.1, 0.15) is 36.8 Å². The van der Waals surface area contributed by atoms with Gasteiger partial charge in [0, 0.05) is 23.0 Å². The fourth-order valence-corrected chi connectivity index (χ4v) is 2.39. The summed E-state index contributed by atoms with van der Waals surface area (Å²) < 4.78 is 54.0. The summed E-state index contributed by atoms with van der Waals surface area (Å²) in [7, 11) is 0. The molecule has 116 valence electrons. The molecule has 0 spiro atoms. The summed E-state index contributed by atoms with van der Waals surface area (Å²) in [6, 6.07) is 7.10. The first-order valence-electron chi connectivity index (χ1n) is 6.76. The molecule has 0 fully saturated rings. The van der Waals surface area contributed by atoms with Gasteiger partial charge in [-0.25, -0.2) is 17.6 Å². The smallest absolute Gasteiger partial charge is 0.162 e. The molecule has 0 bridgehead atoms. The second kappa shape index (κ2) is 6.30. The van der Waals surface area contributed by atoms with Gasteiger partial charge >= 0.3 is 0 Å². The first kappa shape index (κ1) is 16.2. The van der Waals surface area contributed by atoms with Crippen molar-refractivity contribution in [1.29, 1.82) is 0 Å². The molecule has 2 aromatic rings. The Morgan fingerprint density at radius 3 is 1.50 bits per heavy atom. The zero-order valence-corrected chi connectivity index (χ0v) is 12.0. The van der Waals surface area contributed by atoms with E-state index >= 15 is 0 Å². The van der Waals surface area contributed by atoms with Gasteiger partial charge in [0.1, 0.15) is 5.78 Å². The van der Waals surface area contributed by atoms with E-state index in [9.17, 15) is 22.4 Å². The number of hydrogen-bond acceptors (Lipinski definition) is 1. The van der Waals surface area contributed by atoms with Gasteiger partial charge in [-0.3, -0.25) is 4.79 Å². The summed E-state index contributed by atoms with van der Waals surface area (Å²) in [5.74, 6) is -6.79. The molecule has 0 N–H and O–H groups in total. The lowest BCUT2D eigenvalue weighted by Crippen LogP contribution is -2.19. The molecule has 22 heavy (non-hydrogen) atoms. The molecule has 0 amide bonds. The lowest BCUT2D eigenvalue weighted by Gasteiger charge is -2.18. The van der Waals surface area contributed by atoms with Crippen LogP contribution in [0.5, 0.6) is 0 Å². The maximum atomic E-state index is 13.8. The van der Waals surface area contributed by atoms with Crippen molar-refractivity contribution in [3.05, 3.63) is 70.8 Å². The SMILES string of the molecule is CC(C(=O)C(C)c1cccc(F)c1F)c1cccc(F)c1F. The fourth-order valence-electron chi connectivity index (χ4n) is 2.39. The van der Waals surface area contributed by atoms with E-state index in [1.807, 2.05) is 0 Å². The molecule has 0 saturated carbocycles. The summed E-state index contributed by atoms with van der Waals surface area (Å²) >= 11 is 0. The Balaban J connectivity index is 2.34. The van der Waals surface area contributed by atoms with E-state index in [1.165, 1.54) is 38.1 Å². The molecular weight excluding hydrogens is 296 g/mol. The molecule has 0 aliphatic carbocycles. The molecule has 2 rings (SSSR count). The lowest BCUT2D eigenvalue weighted by atomic mass is 9.85. The van der Waals surface area contributed by atoms with Crippen LogP contribution in [0.3, 0.4) is 0 Å². The maximum Gasteiger partial charge on any atom is 0.162 e. The van der Waals surface area contributed by atoms with Crippen LogP contribution >= 0.6 is 0 Å². The van der Waals surface area contributed by atoms with Gasteiger partial charge in [-0.1, -0.05) is 38.1 Å². The largest absolute Gasteiger partial charge is 0.298 e. The number of Topliss-reactive ketones (excluding diaryl/α,β-unsaturated/α-hetero) is 1. The second-order valence-electron chi connectivity index (χ2n) is 5.13. The number of benzene rings is 2. The standard InChI is InChI=1S/C17H14F4O/c1-9(11-5-3-7-13(18)15(11)20)17(22)10(2)12-6-4-8-14(19)16(12)21/h3-10H,1-2H3. The molecule has 2 atom stereocenters. The molecule has 2 unspecified atom stereocenters. The predicted molar refractivity (Wildman–Crippen MR) is 74.6 cm³/mol. The van der Waals surface area contributed by atoms with Gasteiger partial charge in [-0.15, -0.1) is 0 Å². The van der Waals surface area contributed by atoms with Crippen molar-refractivity contribution in [3.8, 4) is 0 Å². The highest BCUT2D eigenvalue weighted by molar-refractivity contribution is 5.91. The van der Waals surface area contributed by atoms with Crippen molar-refractivity contribution in [2.45, 2.75) is 25.7 Å². The molecule has 1 nitrogen and oxygen atoms in total. The van der Waals surface area contributed by atoms with Crippen LogP contribution in [0.4, 0.5) is 17.6 Å². The first-order valence-corrected chi connectivity index (χ1v) is 6.76. The van der Waals surface area contributed by atoms with E-state index in [2.05, 4.69) is 0 Å². The number of carbonyl (C=O) groups is 1. The van der Waals surface area contributed by atoms with Crippen LogP contribution in [0.2, 0.25) is 0 Å². The molecule has 0 aromatic heterocycles. The van der Waals surface area contributed by atoms with Crippen molar-refractivity contribution in [1.82, 2.24) is 0 Å². The molecule has 0 radical (unpaired) electrons. The second-order valence-corrected chi connectivity index (χ2v) is 5.13. The molecule has 0 aliphatic heterocycles. The fraction of sp³-hybridized carbons (Fsp3) is 0.235. The Morgan fingerprint density at radius 2 is 1.14 bits per heavy atom. The Morgan fingerprint density at radius 1 is 0.773 bits per heavy atom. The van der Waals surface area contributed by atoms with Gasteiger partial charge in [0.2, 0.25) is 0 Å². The van der Waals surface area contributed by atoms with Crippen molar-refractivity contribution in [3.63, 3.8) is 0 Å². The lowest BCUT2D eigenvalue weighted by molar-refractivity contribution is -0.121. The Hall–Kier alpha value is -2.17. The van der Waals surface area contributed by atoms with E-state index in [4.69, 9.17) is 0 Å². The van der Waals surface area contributed by atoms with Crippen LogP contribution in [-0.2, 0) is 4.79 Å². The highest BCUT2D eigenvalue weighted by Crippen LogP contribution is 2.30. The zero-order chi connectivity index (χ0) is 16.4. The average Bonchev–Trinajstić information content (AvgIpc) is 2.50. The third kappa shape index (κ3) is 2.89. The zero-order valence-electron chi connectivity index (χ0n) is 12.0. The van der Waals surface area contributed by atoms with Gasteiger partial charge in [0.25, 0.3) is 0 Å².